The third-order valence-corrected chi connectivity index (χ3v) is 2.58. The summed E-state index contributed by atoms with van der Waals surface area (Å²) in [7, 11) is 3.25. The van der Waals surface area contributed by atoms with Gasteiger partial charge in [-0.25, -0.2) is 0 Å². The van der Waals surface area contributed by atoms with Crippen molar-refractivity contribution >= 4 is 5.69 Å². The van der Waals surface area contributed by atoms with Crippen molar-refractivity contribution in [2.24, 2.45) is 0 Å². The quantitative estimate of drug-likeness (QED) is 0.723. The van der Waals surface area contributed by atoms with Crippen LogP contribution in [0.25, 0.3) is 0 Å². The van der Waals surface area contributed by atoms with E-state index in [0.717, 1.165) is 24.5 Å². The summed E-state index contributed by atoms with van der Waals surface area (Å²) < 4.78 is 16.0. The Labute approximate surface area is 109 Å². The van der Waals surface area contributed by atoms with Gasteiger partial charge in [0.2, 0.25) is 0 Å². The summed E-state index contributed by atoms with van der Waals surface area (Å²) in [6.45, 7) is 5.44. The molecule has 0 saturated carbocycles. The molecule has 0 unspecified atom stereocenters. The van der Waals surface area contributed by atoms with Crippen molar-refractivity contribution in [2.75, 3.05) is 32.7 Å². The number of benzene rings is 1. The van der Waals surface area contributed by atoms with Gasteiger partial charge in [-0.2, -0.15) is 0 Å². The molecule has 1 aromatic rings. The smallest absolute Gasteiger partial charge is 0.173 e. The standard InChI is InChI=1S/C14H23NO3/c1-5-8-18-13-9-11(2)6-7-12(13)15-10-14(16-3)17-4/h6-7,9,14-15H,5,8,10H2,1-4H3. The van der Waals surface area contributed by atoms with Crippen LogP contribution < -0.4 is 10.1 Å². The normalized spacial score (nSPS) is 10.7. The molecule has 0 fully saturated rings. The number of rotatable bonds is 8. The summed E-state index contributed by atoms with van der Waals surface area (Å²) in [5.74, 6) is 0.878. The van der Waals surface area contributed by atoms with Crippen molar-refractivity contribution in [3.63, 3.8) is 0 Å². The molecule has 0 atom stereocenters. The zero-order valence-electron chi connectivity index (χ0n) is 11.7. The van der Waals surface area contributed by atoms with Gasteiger partial charge in [0.1, 0.15) is 5.75 Å². The summed E-state index contributed by atoms with van der Waals surface area (Å²) in [5, 5.41) is 3.28. The summed E-state index contributed by atoms with van der Waals surface area (Å²) in [6, 6.07) is 6.10. The molecule has 4 heteroatoms. The second kappa shape index (κ2) is 7.95. The number of hydrogen-bond donors (Lipinski definition) is 1. The maximum Gasteiger partial charge on any atom is 0.173 e. The fourth-order valence-corrected chi connectivity index (χ4v) is 1.56. The molecule has 4 nitrogen and oxygen atoms in total. The van der Waals surface area contributed by atoms with Gasteiger partial charge in [0.25, 0.3) is 0 Å². The Hall–Kier alpha value is -1.26. The second-order valence-corrected chi connectivity index (χ2v) is 4.13. The third kappa shape index (κ3) is 4.55. The summed E-state index contributed by atoms with van der Waals surface area (Å²) >= 11 is 0. The van der Waals surface area contributed by atoms with Gasteiger partial charge >= 0.3 is 0 Å². The molecule has 102 valence electrons. The molecule has 0 bridgehead atoms. The predicted molar refractivity (Wildman–Crippen MR) is 73.3 cm³/mol. The van der Waals surface area contributed by atoms with Gasteiger partial charge in [-0.1, -0.05) is 13.0 Å². The van der Waals surface area contributed by atoms with Crippen molar-refractivity contribution < 1.29 is 14.2 Å². The molecule has 0 aliphatic heterocycles. The Bertz CT molecular complexity index is 351. The molecule has 18 heavy (non-hydrogen) atoms. The lowest BCUT2D eigenvalue weighted by molar-refractivity contribution is -0.0914. The van der Waals surface area contributed by atoms with Crippen molar-refractivity contribution in [1.82, 2.24) is 0 Å². The van der Waals surface area contributed by atoms with Crippen LogP contribution in [0.4, 0.5) is 5.69 Å². The highest BCUT2D eigenvalue weighted by Gasteiger charge is 2.08. The third-order valence-electron chi connectivity index (χ3n) is 2.58. The Morgan fingerprint density at radius 3 is 2.56 bits per heavy atom. The molecule has 0 saturated heterocycles. The zero-order valence-corrected chi connectivity index (χ0v) is 11.7. The fourth-order valence-electron chi connectivity index (χ4n) is 1.56. The van der Waals surface area contributed by atoms with Crippen molar-refractivity contribution in [1.29, 1.82) is 0 Å². The van der Waals surface area contributed by atoms with Crippen LogP contribution in [0, 0.1) is 6.92 Å². The van der Waals surface area contributed by atoms with Gasteiger partial charge in [0.15, 0.2) is 6.29 Å². The molecule has 0 aromatic heterocycles. The first-order valence-corrected chi connectivity index (χ1v) is 6.24. The van der Waals surface area contributed by atoms with Gasteiger partial charge < -0.3 is 19.5 Å². The average molecular weight is 253 g/mol. The summed E-state index contributed by atoms with van der Waals surface area (Å²) in [6.07, 6.45) is 0.733. The van der Waals surface area contributed by atoms with E-state index in [4.69, 9.17) is 14.2 Å². The van der Waals surface area contributed by atoms with Crippen molar-refractivity contribution in [3.8, 4) is 5.75 Å². The van der Waals surface area contributed by atoms with Crippen LogP contribution >= 0.6 is 0 Å². The number of anilines is 1. The lowest BCUT2D eigenvalue weighted by Gasteiger charge is -2.17. The van der Waals surface area contributed by atoms with Gasteiger partial charge in [-0.3, -0.25) is 0 Å². The van der Waals surface area contributed by atoms with Crippen LogP contribution in [0.1, 0.15) is 18.9 Å². The SMILES string of the molecule is CCCOc1cc(C)ccc1NCC(OC)OC. The molecular formula is C14H23NO3. The molecule has 0 aliphatic rings. The van der Waals surface area contributed by atoms with Gasteiger partial charge in [-0.15, -0.1) is 0 Å². The largest absolute Gasteiger partial charge is 0.491 e. The second-order valence-electron chi connectivity index (χ2n) is 4.13. The number of nitrogens with one attached hydrogen (secondary N) is 1. The van der Waals surface area contributed by atoms with E-state index in [1.807, 2.05) is 12.1 Å². The average Bonchev–Trinajstić information content (AvgIpc) is 2.39. The molecule has 0 heterocycles. The Balaban J connectivity index is 2.68. The molecule has 0 amide bonds. The summed E-state index contributed by atoms with van der Waals surface area (Å²) in [5.41, 5.74) is 2.15. The van der Waals surface area contributed by atoms with E-state index in [0.29, 0.717) is 6.54 Å². The highest BCUT2D eigenvalue weighted by atomic mass is 16.7. The molecular weight excluding hydrogens is 230 g/mol. The zero-order chi connectivity index (χ0) is 13.4. The molecule has 1 aromatic carbocycles. The molecule has 1 rings (SSSR count). The van der Waals surface area contributed by atoms with E-state index in [2.05, 4.69) is 25.2 Å². The Kier molecular flexibility index (Phi) is 6.54. The van der Waals surface area contributed by atoms with E-state index in [9.17, 15) is 0 Å². The minimum absolute atomic E-state index is 0.259. The predicted octanol–water partition coefficient (Wildman–Crippen LogP) is 2.81. The highest BCUT2D eigenvalue weighted by molar-refractivity contribution is 5.57. The summed E-state index contributed by atoms with van der Waals surface area (Å²) in [4.78, 5) is 0. The van der Waals surface area contributed by atoms with Crippen molar-refractivity contribution in [3.05, 3.63) is 23.8 Å². The van der Waals surface area contributed by atoms with Crippen LogP contribution in [-0.4, -0.2) is 33.7 Å². The first-order chi connectivity index (χ1) is 8.71. The van der Waals surface area contributed by atoms with Gasteiger partial charge in [0, 0.05) is 14.2 Å². The van der Waals surface area contributed by atoms with Crippen molar-refractivity contribution in [2.45, 2.75) is 26.6 Å². The maximum atomic E-state index is 5.72. The maximum absolute atomic E-state index is 5.72. The van der Waals surface area contributed by atoms with E-state index in [-0.39, 0.29) is 6.29 Å². The lowest BCUT2D eigenvalue weighted by Crippen LogP contribution is -2.23. The van der Waals surface area contributed by atoms with Gasteiger partial charge in [-0.05, 0) is 31.0 Å². The van der Waals surface area contributed by atoms with E-state index in [1.165, 1.54) is 5.56 Å². The van der Waals surface area contributed by atoms with Crippen LogP contribution in [0.5, 0.6) is 5.75 Å². The molecule has 1 N–H and O–H groups in total. The van der Waals surface area contributed by atoms with Crippen LogP contribution in [0.15, 0.2) is 18.2 Å². The van der Waals surface area contributed by atoms with E-state index >= 15 is 0 Å². The monoisotopic (exact) mass is 253 g/mol. The minimum atomic E-state index is -0.259. The lowest BCUT2D eigenvalue weighted by atomic mass is 10.2. The first-order valence-electron chi connectivity index (χ1n) is 6.24. The number of hydrogen-bond acceptors (Lipinski definition) is 4. The molecule has 0 spiro atoms. The van der Waals surface area contributed by atoms with Crippen LogP contribution in [0.3, 0.4) is 0 Å². The Morgan fingerprint density at radius 2 is 1.94 bits per heavy atom. The highest BCUT2D eigenvalue weighted by Crippen LogP contribution is 2.25. The fraction of sp³-hybridized carbons (Fsp3) is 0.571. The van der Waals surface area contributed by atoms with E-state index in [1.54, 1.807) is 14.2 Å². The van der Waals surface area contributed by atoms with Crippen LogP contribution in [-0.2, 0) is 9.47 Å². The van der Waals surface area contributed by atoms with E-state index < -0.39 is 0 Å². The first kappa shape index (κ1) is 14.8. The van der Waals surface area contributed by atoms with Crippen LogP contribution in [0.2, 0.25) is 0 Å². The van der Waals surface area contributed by atoms with Gasteiger partial charge in [0.05, 0.1) is 18.8 Å². The minimum Gasteiger partial charge on any atom is -0.491 e. The topological polar surface area (TPSA) is 39.7 Å². The Morgan fingerprint density at radius 1 is 1.22 bits per heavy atom. The number of ether oxygens (including phenoxy) is 3. The number of methoxy groups -OCH3 is 2. The molecule has 0 radical (unpaired) electrons. The number of aryl methyl sites for hydroxylation is 1. The molecule has 0 aliphatic carbocycles.